The van der Waals surface area contributed by atoms with Gasteiger partial charge >= 0.3 is 5.97 Å². The zero-order valence-electron chi connectivity index (χ0n) is 12.3. The molecule has 0 radical (unpaired) electrons. The van der Waals surface area contributed by atoms with Crippen LogP contribution in [-0.2, 0) is 14.3 Å². The first-order chi connectivity index (χ1) is 9.35. The summed E-state index contributed by atoms with van der Waals surface area (Å²) in [4.78, 5) is 22.4. The first-order valence-electron chi connectivity index (χ1n) is 6.93. The van der Waals surface area contributed by atoms with E-state index in [2.05, 4.69) is 19.2 Å². The number of hydrogen-bond donors (Lipinski definition) is 3. The monoisotopic (exact) mass is 284 g/mol. The molecular formula is C14H24N2O4. The highest BCUT2D eigenvalue weighted by Gasteiger charge is 2.34. The van der Waals surface area contributed by atoms with Gasteiger partial charge in [0.1, 0.15) is 0 Å². The van der Waals surface area contributed by atoms with E-state index in [-0.39, 0.29) is 23.9 Å². The lowest BCUT2D eigenvalue weighted by Crippen LogP contribution is -2.56. The number of nitrogens with two attached hydrogens (primary N) is 1. The van der Waals surface area contributed by atoms with E-state index >= 15 is 0 Å². The number of carboxylic acid groups (broad SMARTS) is 1. The van der Waals surface area contributed by atoms with Crippen molar-refractivity contribution in [2.24, 2.45) is 11.7 Å². The molecule has 6 nitrogen and oxygen atoms in total. The van der Waals surface area contributed by atoms with Crippen molar-refractivity contribution < 1.29 is 19.4 Å². The largest absolute Gasteiger partial charge is 0.478 e. The summed E-state index contributed by atoms with van der Waals surface area (Å²) < 4.78 is 5.77. The molecule has 0 fully saturated rings. The van der Waals surface area contributed by atoms with E-state index in [1.807, 2.05) is 0 Å². The van der Waals surface area contributed by atoms with Crippen LogP contribution in [0.15, 0.2) is 11.6 Å². The molecule has 20 heavy (non-hydrogen) atoms. The predicted molar refractivity (Wildman–Crippen MR) is 75.1 cm³/mol. The maximum atomic E-state index is 11.3. The molecule has 6 heteroatoms. The van der Waals surface area contributed by atoms with Crippen LogP contribution in [0.4, 0.5) is 0 Å². The molecular weight excluding hydrogens is 260 g/mol. The highest BCUT2D eigenvalue weighted by Crippen LogP contribution is 2.21. The van der Waals surface area contributed by atoms with Crippen molar-refractivity contribution in [3.05, 3.63) is 11.6 Å². The van der Waals surface area contributed by atoms with Crippen molar-refractivity contribution in [1.82, 2.24) is 5.32 Å². The van der Waals surface area contributed by atoms with Gasteiger partial charge < -0.3 is 20.9 Å². The Hall–Kier alpha value is -1.40. The summed E-state index contributed by atoms with van der Waals surface area (Å²) in [6, 6.07) is -0.850. The second-order valence-electron chi connectivity index (χ2n) is 5.40. The minimum atomic E-state index is -0.987. The van der Waals surface area contributed by atoms with Gasteiger partial charge in [0.15, 0.2) is 0 Å². The molecule has 0 spiro atoms. The fraction of sp³-hybridized carbons (Fsp3) is 0.714. The third-order valence-corrected chi connectivity index (χ3v) is 3.55. The number of aliphatic carboxylic acids is 1. The van der Waals surface area contributed by atoms with Crippen LogP contribution in [0.1, 0.15) is 33.6 Å². The molecule has 0 saturated heterocycles. The Bertz CT molecular complexity index is 395. The Kier molecular flexibility index (Phi) is 6.16. The van der Waals surface area contributed by atoms with Crippen LogP contribution >= 0.6 is 0 Å². The van der Waals surface area contributed by atoms with Crippen LogP contribution in [-0.4, -0.2) is 41.8 Å². The van der Waals surface area contributed by atoms with Gasteiger partial charge in [-0.3, -0.25) is 4.79 Å². The molecule has 0 aromatic carbocycles. The van der Waals surface area contributed by atoms with Gasteiger partial charge in [0.05, 0.1) is 18.8 Å². The number of ether oxygens (including phenoxy) is 1. The summed E-state index contributed by atoms with van der Waals surface area (Å²) in [5.74, 6) is -0.818. The molecule has 0 saturated carbocycles. The van der Waals surface area contributed by atoms with E-state index in [4.69, 9.17) is 15.6 Å². The van der Waals surface area contributed by atoms with E-state index in [1.165, 1.54) is 6.92 Å². The van der Waals surface area contributed by atoms with E-state index < -0.39 is 18.1 Å². The van der Waals surface area contributed by atoms with Gasteiger partial charge in [-0.05, 0) is 18.4 Å². The Morgan fingerprint density at radius 3 is 2.75 bits per heavy atom. The Balaban J connectivity index is 2.85. The number of carboxylic acids is 1. The van der Waals surface area contributed by atoms with Crippen molar-refractivity contribution in [2.45, 2.75) is 51.8 Å². The Labute approximate surface area is 119 Å². The first kappa shape index (κ1) is 16.7. The molecule has 0 bridgehead atoms. The van der Waals surface area contributed by atoms with Gasteiger partial charge in [0, 0.05) is 18.5 Å². The lowest BCUT2D eigenvalue weighted by atomic mass is 9.88. The van der Waals surface area contributed by atoms with Gasteiger partial charge in [0.2, 0.25) is 5.91 Å². The van der Waals surface area contributed by atoms with Crippen molar-refractivity contribution in [2.75, 3.05) is 6.61 Å². The summed E-state index contributed by atoms with van der Waals surface area (Å²) in [5.41, 5.74) is 6.23. The Morgan fingerprint density at radius 1 is 1.60 bits per heavy atom. The zero-order chi connectivity index (χ0) is 15.3. The normalized spacial score (nSPS) is 27.6. The van der Waals surface area contributed by atoms with Crippen LogP contribution < -0.4 is 11.1 Å². The minimum absolute atomic E-state index is 0.199. The second kappa shape index (κ2) is 7.40. The van der Waals surface area contributed by atoms with Crippen LogP contribution in [0.2, 0.25) is 0 Å². The molecule has 4 atom stereocenters. The number of nitrogens with one attached hydrogen (secondary N) is 1. The van der Waals surface area contributed by atoms with Gasteiger partial charge in [0.25, 0.3) is 0 Å². The van der Waals surface area contributed by atoms with Gasteiger partial charge in [-0.1, -0.05) is 20.3 Å². The van der Waals surface area contributed by atoms with Gasteiger partial charge in [-0.25, -0.2) is 4.79 Å². The topological polar surface area (TPSA) is 102 Å². The SMILES string of the molecule is CCC(C)COC1C=C(C(=O)O)CC(N)C1NC(C)=O. The smallest absolute Gasteiger partial charge is 0.331 e. The van der Waals surface area contributed by atoms with Crippen molar-refractivity contribution >= 4 is 11.9 Å². The van der Waals surface area contributed by atoms with Gasteiger partial charge in [-0.15, -0.1) is 0 Å². The summed E-state index contributed by atoms with van der Waals surface area (Å²) in [6.07, 6.45) is 2.26. The number of rotatable bonds is 6. The average Bonchev–Trinajstić information content (AvgIpc) is 2.38. The van der Waals surface area contributed by atoms with Crippen LogP contribution in [0, 0.1) is 5.92 Å². The molecule has 1 aliphatic carbocycles. The summed E-state index contributed by atoms with van der Waals surface area (Å²) >= 11 is 0. The molecule has 1 amide bonds. The third-order valence-electron chi connectivity index (χ3n) is 3.55. The standard InChI is InChI=1S/C14H24N2O4/c1-4-8(2)7-20-12-6-10(14(18)19)5-11(15)13(12)16-9(3)17/h6,8,11-13H,4-5,7,15H2,1-3H3,(H,16,17)(H,18,19). The maximum Gasteiger partial charge on any atom is 0.331 e. The van der Waals surface area contributed by atoms with Crippen LogP contribution in [0.25, 0.3) is 0 Å². The molecule has 1 aliphatic rings. The number of hydrogen-bond acceptors (Lipinski definition) is 4. The summed E-state index contributed by atoms with van der Waals surface area (Å²) in [7, 11) is 0. The van der Waals surface area contributed by atoms with E-state index in [9.17, 15) is 9.59 Å². The van der Waals surface area contributed by atoms with E-state index in [0.717, 1.165) is 6.42 Å². The molecule has 114 valence electrons. The molecule has 0 heterocycles. The summed E-state index contributed by atoms with van der Waals surface area (Å²) in [6.45, 7) is 6.03. The molecule has 0 aromatic rings. The van der Waals surface area contributed by atoms with E-state index in [1.54, 1.807) is 6.08 Å². The molecule has 0 aliphatic heterocycles. The lowest BCUT2D eigenvalue weighted by molar-refractivity contribution is -0.133. The van der Waals surface area contributed by atoms with Gasteiger partial charge in [-0.2, -0.15) is 0 Å². The first-order valence-corrected chi connectivity index (χ1v) is 6.93. The highest BCUT2D eigenvalue weighted by molar-refractivity contribution is 5.87. The average molecular weight is 284 g/mol. The second-order valence-corrected chi connectivity index (χ2v) is 5.40. The lowest BCUT2D eigenvalue weighted by Gasteiger charge is -2.35. The fourth-order valence-electron chi connectivity index (χ4n) is 2.12. The van der Waals surface area contributed by atoms with Crippen molar-refractivity contribution in [1.29, 1.82) is 0 Å². The number of carbonyl (C=O) groups is 2. The van der Waals surface area contributed by atoms with Crippen LogP contribution in [0.3, 0.4) is 0 Å². The van der Waals surface area contributed by atoms with Crippen molar-refractivity contribution in [3.8, 4) is 0 Å². The number of carbonyl (C=O) groups excluding carboxylic acids is 1. The Morgan fingerprint density at radius 2 is 2.25 bits per heavy atom. The maximum absolute atomic E-state index is 11.3. The highest BCUT2D eigenvalue weighted by atomic mass is 16.5. The van der Waals surface area contributed by atoms with E-state index in [0.29, 0.717) is 12.5 Å². The predicted octanol–water partition coefficient (Wildman–Crippen LogP) is 0.664. The molecule has 4 N–H and O–H groups in total. The fourth-order valence-corrected chi connectivity index (χ4v) is 2.12. The quantitative estimate of drug-likeness (QED) is 0.665. The van der Waals surface area contributed by atoms with Crippen molar-refractivity contribution in [3.63, 3.8) is 0 Å². The molecule has 4 unspecified atom stereocenters. The third kappa shape index (κ3) is 4.61. The van der Waals surface area contributed by atoms with Crippen LogP contribution in [0.5, 0.6) is 0 Å². The molecule has 0 aromatic heterocycles. The minimum Gasteiger partial charge on any atom is -0.478 e. The summed E-state index contributed by atoms with van der Waals surface area (Å²) in [5, 5.41) is 11.9. The molecule has 1 rings (SSSR count). The number of amides is 1. The zero-order valence-corrected chi connectivity index (χ0v) is 12.3.